The van der Waals surface area contributed by atoms with Crippen molar-refractivity contribution < 1.29 is 47.3 Å². The lowest BCUT2D eigenvalue weighted by Gasteiger charge is -2.46. The average molecular weight is 2080 g/mol. The van der Waals surface area contributed by atoms with Crippen LogP contribution >= 0.6 is 0 Å². The van der Waals surface area contributed by atoms with Crippen LogP contribution in [-0.4, -0.2) is 382 Å². The predicted octanol–water partition coefficient (Wildman–Crippen LogP) is 14.4. The number of allylic oxidation sites excluding steroid dienone is 4. The predicted molar refractivity (Wildman–Crippen MR) is 605 cm³/mol. The highest BCUT2D eigenvalue weighted by atomic mass is 19.1. The summed E-state index contributed by atoms with van der Waals surface area (Å²) in [5.74, 6) is 0.464. The van der Waals surface area contributed by atoms with Crippen LogP contribution in [0, 0.1) is 16.6 Å². The van der Waals surface area contributed by atoms with E-state index in [2.05, 4.69) is 287 Å². The molecule has 0 aliphatic carbocycles. The molecule has 0 bridgehead atoms. The number of rotatable bonds is 31. The van der Waals surface area contributed by atoms with E-state index in [-0.39, 0.29) is 76.8 Å². The number of aryl methyl sites for hydroxylation is 2. The van der Waals surface area contributed by atoms with Crippen LogP contribution < -0.4 is 36.4 Å². The molecule has 29 nitrogen and oxygen atoms in total. The molecule has 16 heterocycles. The summed E-state index contributed by atoms with van der Waals surface area (Å²) in [7, 11) is 1.72. The van der Waals surface area contributed by atoms with Crippen LogP contribution in [0.3, 0.4) is 0 Å². The minimum atomic E-state index is -0.297. The molecule has 0 radical (unpaired) electrons. The van der Waals surface area contributed by atoms with Crippen molar-refractivity contribution in [3.8, 4) is 0 Å². The monoisotopic (exact) mass is 2080 g/mol. The molecule has 5 N–H and O–H groups in total. The van der Waals surface area contributed by atoms with Crippen molar-refractivity contribution in [2.24, 2.45) is 10.8 Å². The number of anilines is 2. The van der Waals surface area contributed by atoms with E-state index in [1.165, 1.54) is 34.5 Å². The van der Waals surface area contributed by atoms with Crippen molar-refractivity contribution >= 4 is 35.0 Å². The number of hydrogen-bond donors (Lipinski definition) is 5. The first-order valence-electron chi connectivity index (χ1n) is 57.5. The molecule has 1 aromatic carbocycles. The highest BCUT2D eigenvalue weighted by Gasteiger charge is 2.50. The second-order valence-electron chi connectivity index (χ2n) is 49.3. The zero-order valence-electron chi connectivity index (χ0n) is 96.5. The fourth-order valence-corrected chi connectivity index (χ4v) is 25.2. The summed E-state index contributed by atoms with van der Waals surface area (Å²) in [5.41, 5.74) is 16.5. The van der Waals surface area contributed by atoms with E-state index in [1.807, 2.05) is 31.7 Å². The van der Waals surface area contributed by atoms with E-state index in [1.54, 1.807) is 7.11 Å². The van der Waals surface area contributed by atoms with Gasteiger partial charge in [0, 0.05) is 266 Å². The third-order valence-corrected chi connectivity index (χ3v) is 34.2. The number of fused-ring (bicyclic) bond motifs is 3. The van der Waals surface area contributed by atoms with Crippen molar-refractivity contribution in [2.75, 3.05) is 207 Å². The van der Waals surface area contributed by atoms with Crippen LogP contribution in [0.4, 0.5) is 15.8 Å². The number of amides is 4. The lowest BCUT2D eigenvalue weighted by atomic mass is 9.85. The minimum Gasteiger partial charge on any atom is -0.378 e. The molecule has 3 aromatic rings. The van der Waals surface area contributed by atoms with Gasteiger partial charge in [-0.15, -0.1) is 0 Å². The Balaban J connectivity index is 0.000000167. The molecule has 4 amide bonds. The van der Waals surface area contributed by atoms with Gasteiger partial charge in [0.15, 0.2) is 0 Å². The molecule has 1 unspecified atom stereocenters. The Bertz CT molecular complexity index is 5140. The van der Waals surface area contributed by atoms with Gasteiger partial charge in [-0.2, -0.15) is 0 Å². The molecular weight excluding hydrogens is 1880 g/mol. The Labute approximate surface area is 903 Å². The normalized spacial score (nSPS) is 29.5. The summed E-state index contributed by atoms with van der Waals surface area (Å²) in [6.07, 6.45) is 17.9. The Morgan fingerprint density at radius 3 is 1.35 bits per heavy atom. The number of aromatic nitrogens is 2. The maximum atomic E-state index is 14.2. The number of dihydropyridines is 1. The number of carbonyl (C=O) groups is 4. The molecule has 9 saturated heterocycles. The number of methoxy groups -OCH3 is 1. The van der Waals surface area contributed by atoms with E-state index in [4.69, 9.17) is 33.7 Å². The Morgan fingerprint density at radius 1 is 0.487 bits per heavy atom. The fourth-order valence-electron chi connectivity index (χ4n) is 25.2. The second kappa shape index (κ2) is 52.7. The van der Waals surface area contributed by atoms with Gasteiger partial charge in [0.2, 0.25) is 23.6 Å². The summed E-state index contributed by atoms with van der Waals surface area (Å²) >= 11 is 0. The van der Waals surface area contributed by atoms with Crippen LogP contribution in [0.25, 0.3) is 0 Å². The largest absolute Gasteiger partial charge is 0.378 e. The number of halogens is 1. The number of unbranched alkanes of at least 4 members (excludes halogenated alkanes) is 3. The molecule has 14 aliphatic heterocycles. The van der Waals surface area contributed by atoms with E-state index < -0.39 is 0 Å². The number of hydrogen-bond acceptors (Lipinski definition) is 25. The first-order chi connectivity index (χ1) is 70.8. The molecule has 14 aliphatic rings. The van der Waals surface area contributed by atoms with Gasteiger partial charge in [-0.25, -0.2) is 4.39 Å². The molecule has 17 rings (SSSR count). The van der Waals surface area contributed by atoms with Crippen molar-refractivity contribution in [1.29, 1.82) is 0 Å². The first kappa shape index (κ1) is 120. The number of nitrogens with zero attached hydrogens (tertiary/aromatic N) is 15. The van der Waals surface area contributed by atoms with E-state index >= 15 is 0 Å². The molecule has 838 valence electrons. The third-order valence-electron chi connectivity index (χ3n) is 34.2. The van der Waals surface area contributed by atoms with Crippen molar-refractivity contribution in [1.82, 2.24) is 90.5 Å². The zero-order valence-corrected chi connectivity index (χ0v) is 96.5. The first-order valence-corrected chi connectivity index (χ1v) is 57.5. The number of piperazine rings is 4. The Kier molecular flexibility index (Phi) is 42.1. The van der Waals surface area contributed by atoms with Gasteiger partial charge in [-0.05, 0) is 199 Å². The topological polar surface area (TPSA) is 242 Å². The molecule has 30 heteroatoms. The van der Waals surface area contributed by atoms with Gasteiger partial charge in [0.05, 0.1) is 124 Å². The number of ether oxygens (including phenoxy) is 5. The van der Waals surface area contributed by atoms with E-state index in [9.17, 15) is 23.6 Å². The highest BCUT2D eigenvalue weighted by Crippen LogP contribution is 2.48. The SMILES string of the molecule is C.C=C1C=C2C(=CN1CCCC)N(C(=O)CN1C[C@@H](C)NC[C@@H]1CN1[C@H](C)COC[C@H]1C)CC2(C)C.C=C1NC2=C(C=C1CCCC)N(C(=O)CN1C[C@@H](C)NC[C@@H]1CN1C[C@H](C)OC[C@H]1C)CC2(C)C.CCC(OC)c1nc2c(cc1Cc1ccc(F)cc1)N(C(=O)CN1C[C@@H](C)NC[C@@H]1CN1[C@H](C)COC[C@H]1C)CC2(C)C.CCCCc1cc2c(nc1CC)C(C)(C)CN2C(=O)CN1C[C@@H](C)NC[C@@H]1CN1[C@H](C)COC[C@H]1C. The fraction of sp³-hybridized carbons (Fsp3) is 0.733. The van der Waals surface area contributed by atoms with Crippen LogP contribution in [0.15, 0.2) is 108 Å². The average Bonchev–Trinajstić information content (AvgIpc) is 1.60. The van der Waals surface area contributed by atoms with Gasteiger partial charge in [-0.1, -0.05) is 142 Å². The molecule has 17 atom stereocenters. The van der Waals surface area contributed by atoms with Crippen molar-refractivity contribution in [3.05, 3.63) is 153 Å². The third kappa shape index (κ3) is 29.0. The second-order valence-corrected chi connectivity index (χ2v) is 49.3. The molecule has 150 heavy (non-hydrogen) atoms. The van der Waals surface area contributed by atoms with Crippen molar-refractivity contribution in [3.63, 3.8) is 0 Å². The summed E-state index contributed by atoms with van der Waals surface area (Å²) in [6, 6.07) is 16.4. The Hall–Kier alpha value is -7.31. The number of nitrogens with one attached hydrogen (secondary N) is 5. The molecular formula is C120H197FN20O9. The maximum Gasteiger partial charge on any atom is 0.241 e. The standard InChI is InChI=1S/C34H50FN5O3.C29H49N5O2.2C28H47N5O2.CH4/c1-8-30(42-7)32-26(13-25-9-11-27(35)12-10-25)14-29-33(37-32)34(5,6)21-40(29)31(41)18-38-16-22(2)36-15-28(38)17-39-23(3)19-43-20-24(39)4;1-8-10-11-23-12-26-28(31-25(23)9-2)29(6,7)19-34(26)27(35)16-32-14-20(3)30-13-24(32)15-33-21(4)17-36-18-22(33)5;1-8-9-10-30-15-26-25(11-21(30)3)28(6,7)19-33(26)27(34)16-31-13-20(2)29-12-24(31)14-32-22(4)17-35-18-23(32)5;1-8-9-10-23-11-25-27(30-22(23)5)28(6,7)18-33(25)26(34)16-32-13-19(2)29-12-24(32)15-31-14-21(4)35-17-20(31)3;/h9-12,14,22-24,28,30,36H,8,13,15-21H2,1-7H3;12,20-22,24,30H,8-11,13-19H2,1-7H3;11,15,20,22-24,29H,3,8-10,12-14,16-19H2,1-2,4-7H3;11,19-21,24,29-30H,5,8-10,12-18H2,1-4,6-7H3;1H4/t22-,23-,24-,28-,30?;20-,21-,22-,24-;20-,22-,23-,24-;19-,20-,21+,24-;/m1111./s1. The van der Waals surface area contributed by atoms with Crippen LogP contribution in [0.1, 0.15) is 277 Å². The number of pyridine rings is 2. The molecule has 2 aromatic heterocycles. The summed E-state index contributed by atoms with van der Waals surface area (Å²) in [5, 5.41) is 18.2. The van der Waals surface area contributed by atoms with Crippen LogP contribution in [-0.2, 0) is 73.0 Å². The molecule has 0 spiro atoms. The van der Waals surface area contributed by atoms with E-state index in [0.29, 0.717) is 137 Å². The minimum absolute atomic E-state index is 0. The van der Waals surface area contributed by atoms with Gasteiger partial charge in [0.25, 0.3) is 0 Å². The smallest absolute Gasteiger partial charge is 0.241 e. The zero-order chi connectivity index (χ0) is 108. The molecule has 0 saturated carbocycles. The van der Waals surface area contributed by atoms with Gasteiger partial charge >= 0.3 is 0 Å². The number of likely N-dealkylation sites (tertiary alicyclic amines) is 1. The molecule has 9 fully saturated rings. The number of carbonyl (C=O) groups excluding carboxylic acids is 4. The van der Waals surface area contributed by atoms with Gasteiger partial charge < -0.3 is 74.8 Å². The number of morpholine rings is 4. The lowest BCUT2D eigenvalue weighted by molar-refractivity contribution is -0.132. The van der Waals surface area contributed by atoms with Crippen molar-refractivity contribution in [2.45, 2.75) is 365 Å². The van der Waals surface area contributed by atoms with E-state index in [0.717, 1.165) is 277 Å². The summed E-state index contributed by atoms with van der Waals surface area (Å²) in [4.78, 5) is 96.3. The van der Waals surface area contributed by atoms with Gasteiger partial charge in [0.1, 0.15) is 5.82 Å². The summed E-state index contributed by atoms with van der Waals surface area (Å²) in [6.45, 7) is 86.6. The Morgan fingerprint density at radius 2 is 0.907 bits per heavy atom. The van der Waals surface area contributed by atoms with Crippen LogP contribution in [0.5, 0.6) is 0 Å². The lowest BCUT2D eigenvalue weighted by Crippen LogP contribution is -2.63. The maximum absolute atomic E-state index is 14.2. The highest BCUT2D eigenvalue weighted by molar-refractivity contribution is 5.98. The van der Waals surface area contributed by atoms with Crippen LogP contribution in [0.2, 0.25) is 0 Å². The van der Waals surface area contributed by atoms with Gasteiger partial charge in [-0.3, -0.25) is 68.3 Å². The number of benzene rings is 1. The summed E-state index contributed by atoms with van der Waals surface area (Å²) < 4.78 is 42.6. The quantitative estimate of drug-likeness (QED) is 0.0402.